The molecular formula is C22H28N2O3. The number of fused-ring (bicyclic) bond motifs is 2. The molecule has 5 nitrogen and oxygen atoms in total. The summed E-state index contributed by atoms with van der Waals surface area (Å²) in [6.45, 7) is 8.80. The first-order valence-corrected chi connectivity index (χ1v) is 9.65. The van der Waals surface area contributed by atoms with Gasteiger partial charge in [-0.2, -0.15) is 0 Å². The first kappa shape index (κ1) is 19.3. The second-order valence-corrected chi connectivity index (χ2v) is 8.26. The molecule has 1 N–H and O–H groups in total. The van der Waals surface area contributed by atoms with E-state index in [1.807, 2.05) is 31.2 Å². The molecule has 144 valence electrons. The number of rotatable bonds is 4. The molecule has 0 aliphatic heterocycles. The number of carbonyl (C=O) groups excluding carboxylic acids is 2. The van der Waals surface area contributed by atoms with Gasteiger partial charge in [0.05, 0.1) is 11.1 Å². The summed E-state index contributed by atoms with van der Waals surface area (Å²) in [7, 11) is 0. The maximum absolute atomic E-state index is 13.0. The van der Waals surface area contributed by atoms with Crippen LogP contribution in [-0.4, -0.2) is 30.0 Å². The Kier molecular flexibility index (Phi) is 5.49. The van der Waals surface area contributed by atoms with E-state index in [4.69, 9.17) is 9.72 Å². The average Bonchev–Trinajstić information content (AvgIpc) is 2.63. The highest BCUT2D eigenvalue weighted by Crippen LogP contribution is 2.39. The molecular weight excluding hydrogens is 340 g/mol. The molecule has 5 heteroatoms. The highest BCUT2D eigenvalue weighted by Gasteiger charge is 2.33. The van der Waals surface area contributed by atoms with E-state index in [2.05, 4.69) is 26.1 Å². The Bertz CT molecular complexity index is 868. The fourth-order valence-electron chi connectivity index (χ4n) is 3.81. The first-order valence-electron chi connectivity index (χ1n) is 9.65. The average molecular weight is 368 g/mol. The number of ether oxygens (including phenoxy) is 1. The van der Waals surface area contributed by atoms with Crippen molar-refractivity contribution in [2.45, 2.75) is 47.0 Å². The van der Waals surface area contributed by atoms with Crippen LogP contribution < -0.4 is 5.32 Å². The fourth-order valence-corrected chi connectivity index (χ4v) is 3.81. The molecule has 0 bridgehead atoms. The van der Waals surface area contributed by atoms with Crippen LogP contribution in [-0.2, 0) is 22.4 Å². The summed E-state index contributed by atoms with van der Waals surface area (Å²) in [4.78, 5) is 29.5. The molecule has 2 aromatic rings. The number of aromatic nitrogens is 1. The zero-order valence-electron chi connectivity index (χ0n) is 16.6. The van der Waals surface area contributed by atoms with Crippen LogP contribution in [0.2, 0.25) is 0 Å². The summed E-state index contributed by atoms with van der Waals surface area (Å²) >= 11 is 0. The molecule has 0 spiro atoms. The summed E-state index contributed by atoms with van der Waals surface area (Å²) < 4.78 is 5.36. The second-order valence-electron chi connectivity index (χ2n) is 8.26. The predicted octanol–water partition coefficient (Wildman–Crippen LogP) is 3.68. The van der Waals surface area contributed by atoms with Crippen molar-refractivity contribution >= 4 is 22.8 Å². The van der Waals surface area contributed by atoms with E-state index in [-0.39, 0.29) is 17.9 Å². The molecule has 27 heavy (non-hydrogen) atoms. The summed E-state index contributed by atoms with van der Waals surface area (Å²) in [5.74, 6) is -0.251. The summed E-state index contributed by atoms with van der Waals surface area (Å²) in [5.41, 5.74) is 3.51. The van der Waals surface area contributed by atoms with Crippen LogP contribution in [0.1, 0.15) is 55.7 Å². The zero-order valence-corrected chi connectivity index (χ0v) is 16.6. The van der Waals surface area contributed by atoms with E-state index in [1.54, 1.807) is 0 Å². The van der Waals surface area contributed by atoms with Crippen molar-refractivity contribution in [2.75, 3.05) is 13.2 Å². The van der Waals surface area contributed by atoms with Gasteiger partial charge >= 0.3 is 5.97 Å². The molecule has 0 saturated heterocycles. The third-order valence-electron chi connectivity index (χ3n) is 5.40. The minimum atomic E-state index is -0.439. The summed E-state index contributed by atoms with van der Waals surface area (Å²) in [6.07, 6.45) is 2.73. The van der Waals surface area contributed by atoms with Crippen LogP contribution >= 0.6 is 0 Å². The molecule has 1 aromatic carbocycles. The van der Waals surface area contributed by atoms with Gasteiger partial charge in [0.2, 0.25) is 0 Å². The van der Waals surface area contributed by atoms with Gasteiger partial charge in [0.25, 0.3) is 5.91 Å². The number of aryl methyl sites for hydroxylation is 1. The number of para-hydroxylation sites is 1. The van der Waals surface area contributed by atoms with Gasteiger partial charge in [0.15, 0.2) is 6.61 Å². The number of carbonyl (C=O) groups is 2. The minimum absolute atomic E-state index is 0.158. The molecule has 1 aliphatic rings. The normalized spacial score (nSPS) is 16.7. The van der Waals surface area contributed by atoms with Crippen molar-refractivity contribution < 1.29 is 14.3 Å². The molecule has 0 unspecified atom stereocenters. The Morgan fingerprint density at radius 3 is 2.70 bits per heavy atom. The van der Waals surface area contributed by atoms with Gasteiger partial charge in [-0.15, -0.1) is 0 Å². The van der Waals surface area contributed by atoms with Crippen molar-refractivity contribution in [3.8, 4) is 0 Å². The predicted molar refractivity (Wildman–Crippen MR) is 106 cm³/mol. The van der Waals surface area contributed by atoms with Gasteiger partial charge < -0.3 is 10.1 Å². The first-order chi connectivity index (χ1) is 12.8. The Morgan fingerprint density at radius 1 is 1.26 bits per heavy atom. The van der Waals surface area contributed by atoms with Crippen LogP contribution in [0.15, 0.2) is 24.3 Å². The summed E-state index contributed by atoms with van der Waals surface area (Å²) in [6, 6.07) is 7.66. The minimum Gasteiger partial charge on any atom is -0.452 e. The lowest BCUT2D eigenvalue weighted by Crippen LogP contribution is -2.30. The van der Waals surface area contributed by atoms with Crippen molar-refractivity contribution in [3.05, 3.63) is 41.1 Å². The van der Waals surface area contributed by atoms with Crippen molar-refractivity contribution in [1.82, 2.24) is 10.3 Å². The molecule has 1 aliphatic carbocycles. The Labute approximate surface area is 160 Å². The van der Waals surface area contributed by atoms with Gasteiger partial charge in [0, 0.05) is 17.6 Å². The lowest BCUT2D eigenvalue weighted by Gasteiger charge is -2.35. The Balaban J connectivity index is 2.01. The third kappa shape index (κ3) is 4.12. The van der Waals surface area contributed by atoms with E-state index in [9.17, 15) is 9.59 Å². The van der Waals surface area contributed by atoms with Crippen molar-refractivity contribution in [1.29, 1.82) is 0 Å². The number of pyridine rings is 1. The van der Waals surface area contributed by atoms with E-state index in [0.29, 0.717) is 18.0 Å². The molecule has 1 heterocycles. The maximum Gasteiger partial charge on any atom is 0.339 e. The third-order valence-corrected chi connectivity index (χ3v) is 5.40. The highest BCUT2D eigenvalue weighted by atomic mass is 16.5. The number of hydrogen-bond acceptors (Lipinski definition) is 4. The highest BCUT2D eigenvalue weighted by molar-refractivity contribution is 6.05. The monoisotopic (exact) mass is 368 g/mol. The molecule has 1 atom stereocenters. The molecule has 3 rings (SSSR count). The topological polar surface area (TPSA) is 68.3 Å². The smallest absolute Gasteiger partial charge is 0.339 e. The lowest BCUT2D eigenvalue weighted by molar-refractivity contribution is -0.124. The van der Waals surface area contributed by atoms with Gasteiger partial charge in [-0.3, -0.25) is 9.78 Å². The largest absolute Gasteiger partial charge is 0.452 e. The van der Waals surface area contributed by atoms with Gasteiger partial charge in [0.1, 0.15) is 0 Å². The lowest BCUT2D eigenvalue weighted by atomic mass is 9.70. The van der Waals surface area contributed by atoms with Crippen LogP contribution in [0.4, 0.5) is 0 Å². The van der Waals surface area contributed by atoms with Crippen LogP contribution in [0.5, 0.6) is 0 Å². The Hall–Kier alpha value is -2.43. The number of amides is 1. The number of benzene rings is 1. The quantitative estimate of drug-likeness (QED) is 0.836. The van der Waals surface area contributed by atoms with Crippen LogP contribution in [0.3, 0.4) is 0 Å². The summed E-state index contributed by atoms with van der Waals surface area (Å²) in [5, 5.41) is 3.45. The van der Waals surface area contributed by atoms with Gasteiger partial charge in [-0.1, -0.05) is 39.0 Å². The van der Waals surface area contributed by atoms with E-state index in [1.165, 1.54) is 0 Å². The molecule has 0 radical (unpaired) electrons. The zero-order chi connectivity index (χ0) is 19.6. The number of hydrogen-bond donors (Lipinski definition) is 1. The molecule has 1 aromatic heterocycles. The SMILES string of the molecule is CCNC(=O)COC(=O)c1c2c(nc3ccccc13)CC[C@H](C(C)(C)C)C2. The van der Waals surface area contributed by atoms with Gasteiger partial charge in [-0.05, 0) is 49.1 Å². The van der Waals surface area contributed by atoms with Crippen LogP contribution in [0.25, 0.3) is 10.9 Å². The van der Waals surface area contributed by atoms with E-state index >= 15 is 0 Å². The standard InChI is InChI=1S/C22H28N2O3/c1-5-23-19(25)13-27-21(26)20-15-8-6-7-9-17(15)24-18-11-10-14(12-16(18)20)22(2,3)4/h6-9,14H,5,10-13H2,1-4H3,(H,23,25)/t14-/m0/s1. The maximum atomic E-state index is 13.0. The number of nitrogens with zero attached hydrogens (tertiary/aromatic N) is 1. The molecule has 1 amide bonds. The van der Waals surface area contributed by atoms with Crippen LogP contribution in [0, 0.1) is 11.3 Å². The van der Waals surface area contributed by atoms with Crippen molar-refractivity contribution in [3.63, 3.8) is 0 Å². The fraction of sp³-hybridized carbons (Fsp3) is 0.500. The van der Waals surface area contributed by atoms with E-state index < -0.39 is 5.97 Å². The molecule has 0 fully saturated rings. The number of likely N-dealkylation sites (N-methyl/N-ethyl adjacent to an activating group) is 1. The number of esters is 1. The second kappa shape index (κ2) is 7.67. The van der Waals surface area contributed by atoms with Crippen molar-refractivity contribution in [2.24, 2.45) is 11.3 Å². The Morgan fingerprint density at radius 2 is 2.00 bits per heavy atom. The number of nitrogens with one attached hydrogen (secondary N) is 1. The van der Waals surface area contributed by atoms with Gasteiger partial charge in [-0.25, -0.2) is 4.79 Å². The molecule has 0 saturated carbocycles. The van der Waals surface area contributed by atoms with E-state index in [0.717, 1.165) is 41.4 Å².